The lowest BCUT2D eigenvalue weighted by molar-refractivity contribution is -0.384. The first-order valence-corrected chi connectivity index (χ1v) is 26.5. The lowest BCUT2D eigenvalue weighted by Gasteiger charge is -2.60. The Kier molecular flexibility index (Phi) is 13.2. The zero-order valence-corrected chi connectivity index (χ0v) is 41.8. The number of ether oxygens (including phenoxy) is 2. The van der Waals surface area contributed by atoms with Crippen molar-refractivity contribution < 1.29 is 41.9 Å². The predicted molar refractivity (Wildman–Crippen MR) is 268 cm³/mol. The second-order valence-electron chi connectivity index (χ2n) is 20.9. The highest BCUT2D eigenvalue weighted by atomic mass is 32.2. The Bertz CT molecular complexity index is 3010. The molecular weight excluding hydrogens is 946 g/mol. The van der Waals surface area contributed by atoms with E-state index in [4.69, 9.17) is 9.47 Å². The topological polar surface area (TPSA) is 216 Å². The number of amides is 2. The molecule has 3 saturated heterocycles. The van der Waals surface area contributed by atoms with E-state index in [0.29, 0.717) is 64.2 Å². The van der Waals surface area contributed by atoms with Gasteiger partial charge in [0.1, 0.15) is 29.6 Å². The zero-order valence-electron chi connectivity index (χ0n) is 41.0. The quantitative estimate of drug-likeness (QED) is 0.0692. The first-order chi connectivity index (χ1) is 34.4. The van der Waals surface area contributed by atoms with Crippen molar-refractivity contribution in [3.63, 3.8) is 0 Å². The monoisotopic (exact) mass is 1010 g/mol. The molecule has 10 rings (SSSR count). The number of piperidine rings is 1. The number of carbonyl (C=O) groups is 2. The molecular formula is C52H62FN9O9S. The third-order valence-corrected chi connectivity index (χ3v) is 17.0. The SMILES string of the molecule is CCC(=O)N1CCN(N2CC3(CCN(c4ccc(C(=O)NS(=O)(=O)c5cc6c(c([N+](=O)[O-])c5)N[C@@H](C5CCC(C)(O)CC5)CO6)c(Oc5cnc6[nH]cc(F)c6c5)c4)CC3)C2)[C@@H](c2ccccc2C(C)C)C1. The van der Waals surface area contributed by atoms with Crippen molar-refractivity contribution in [3.8, 4) is 17.2 Å². The van der Waals surface area contributed by atoms with Crippen LogP contribution in [0, 0.1) is 27.3 Å². The van der Waals surface area contributed by atoms with Crippen LogP contribution >= 0.6 is 0 Å². The molecule has 6 heterocycles. The van der Waals surface area contributed by atoms with Crippen LogP contribution < -0.4 is 24.4 Å². The maximum atomic E-state index is 14.7. The highest BCUT2D eigenvalue weighted by Gasteiger charge is 2.49. The lowest BCUT2D eigenvalue weighted by Crippen LogP contribution is -2.68. The van der Waals surface area contributed by atoms with Crippen LogP contribution in [0.5, 0.6) is 17.2 Å². The number of anilines is 2. The predicted octanol–water partition coefficient (Wildman–Crippen LogP) is 7.87. The van der Waals surface area contributed by atoms with Gasteiger partial charge in [0.25, 0.3) is 21.6 Å². The van der Waals surface area contributed by atoms with E-state index in [-0.39, 0.29) is 75.5 Å². The van der Waals surface area contributed by atoms with Crippen molar-refractivity contribution in [2.75, 3.05) is 62.6 Å². The summed E-state index contributed by atoms with van der Waals surface area (Å²) in [4.78, 5) is 49.5. The van der Waals surface area contributed by atoms with Crippen molar-refractivity contribution in [1.29, 1.82) is 0 Å². The van der Waals surface area contributed by atoms with Crippen LogP contribution in [-0.4, -0.2) is 119 Å². The molecule has 5 aliphatic rings. The number of H-pyrrole nitrogens is 1. The molecule has 0 unspecified atom stereocenters. The number of nitro groups is 1. The summed E-state index contributed by atoms with van der Waals surface area (Å²) < 4.78 is 57.1. The molecule has 1 aliphatic carbocycles. The van der Waals surface area contributed by atoms with Gasteiger partial charge in [-0.1, -0.05) is 45.0 Å². The molecule has 0 bridgehead atoms. The fourth-order valence-electron chi connectivity index (χ4n) is 11.4. The van der Waals surface area contributed by atoms with Gasteiger partial charge >= 0.3 is 0 Å². The average molecular weight is 1010 g/mol. The number of hydrogen-bond donors (Lipinski definition) is 4. The van der Waals surface area contributed by atoms with E-state index in [2.05, 4.69) is 73.0 Å². The number of fused-ring (bicyclic) bond motifs is 2. The largest absolute Gasteiger partial charge is 0.489 e. The Morgan fingerprint density at radius 3 is 2.51 bits per heavy atom. The minimum absolute atomic E-state index is 0.0139. The van der Waals surface area contributed by atoms with Gasteiger partial charge in [-0.2, -0.15) is 0 Å². The van der Waals surface area contributed by atoms with Gasteiger partial charge in [0.2, 0.25) is 5.91 Å². The summed E-state index contributed by atoms with van der Waals surface area (Å²) in [6, 6.07) is 16.7. The number of hydrogen-bond acceptors (Lipinski definition) is 14. The number of piperazine rings is 1. The Morgan fingerprint density at radius 1 is 1.04 bits per heavy atom. The summed E-state index contributed by atoms with van der Waals surface area (Å²) in [6.45, 7) is 13.5. The summed E-state index contributed by atoms with van der Waals surface area (Å²) in [7, 11) is -4.74. The summed E-state index contributed by atoms with van der Waals surface area (Å²) in [6.07, 6.45) is 7.33. The molecule has 0 radical (unpaired) electrons. The number of rotatable bonds is 12. The number of nitro benzene ring substituents is 1. The summed E-state index contributed by atoms with van der Waals surface area (Å²) in [5, 5.41) is 31.2. The van der Waals surface area contributed by atoms with E-state index in [1.54, 1.807) is 19.1 Å². The van der Waals surface area contributed by atoms with Gasteiger partial charge in [-0.25, -0.2) is 32.5 Å². The molecule has 3 aromatic carbocycles. The summed E-state index contributed by atoms with van der Waals surface area (Å²) in [5.74, 6) is -0.994. The van der Waals surface area contributed by atoms with Crippen LogP contribution in [0.1, 0.15) is 106 Å². The second kappa shape index (κ2) is 19.2. The van der Waals surface area contributed by atoms with Gasteiger partial charge in [-0.05, 0) is 86.6 Å². The van der Waals surface area contributed by atoms with Crippen LogP contribution in [0.4, 0.5) is 21.5 Å². The average Bonchev–Trinajstić information content (AvgIpc) is 3.73. The number of benzene rings is 3. The molecule has 4 N–H and O–H groups in total. The highest BCUT2D eigenvalue weighted by Crippen LogP contribution is 2.47. The zero-order chi connectivity index (χ0) is 50.7. The number of sulfonamides is 1. The van der Waals surface area contributed by atoms with Crippen molar-refractivity contribution in [2.24, 2.45) is 11.3 Å². The Morgan fingerprint density at radius 2 is 1.79 bits per heavy atom. The molecule has 20 heteroatoms. The van der Waals surface area contributed by atoms with Gasteiger partial charge in [-0.3, -0.25) is 19.7 Å². The molecule has 5 aromatic rings. The minimum Gasteiger partial charge on any atom is -0.489 e. The van der Waals surface area contributed by atoms with Gasteiger partial charge in [0.05, 0.1) is 44.7 Å². The first-order valence-electron chi connectivity index (χ1n) is 25.0. The van der Waals surface area contributed by atoms with Crippen LogP contribution in [-0.2, 0) is 14.8 Å². The molecule has 4 fully saturated rings. The molecule has 1 spiro atoms. The Balaban J connectivity index is 0.863. The molecule has 4 aliphatic heterocycles. The number of carbonyl (C=O) groups excluding carboxylic acids is 2. The standard InChI is InChI=1S/C52H62FN9O9S/c1-5-47(63)59-20-21-61(44(28-59)38-9-7-6-8-37(38)32(2)3)60-30-52(31-60)16-18-58(19-17-52)34-10-11-39(45(22-34)71-35-23-40-41(53)27-55-49(40)54-26-35)50(64)57-72(68,69)36-24-43(62(66)67)48-46(25-36)70-29-42(56-48)33-12-14-51(4,65)15-13-33/h6-11,22-27,32-33,42,44,56,65H,5,12-21,28-31H2,1-4H3,(H,54,55)(H,57,64)/t33?,42-,44-,51?/m1/s1. The van der Waals surface area contributed by atoms with Crippen LogP contribution in [0.15, 0.2) is 78.0 Å². The smallest absolute Gasteiger partial charge is 0.297 e. The second-order valence-corrected chi connectivity index (χ2v) is 22.5. The van der Waals surface area contributed by atoms with E-state index in [0.717, 1.165) is 50.3 Å². The molecule has 2 amide bonds. The van der Waals surface area contributed by atoms with E-state index < -0.39 is 42.9 Å². The van der Waals surface area contributed by atoms with E-state index in [1.807, 2.05) is 11.8 Å². The third kappa shape index (κ3) is 9.68. The lowest BCUT2D eigenvalue weighted by atomic mass is 9.72. The Labute approximate surface area is 418 Å². The summed E-state index contributed by atoms with van der Waals surface area (Å²) in [5.41, 5.74) is 2.23. The summed E-state index contributed by atoms with van der Waals surface area (Å²) >= 11 is 0. The van der Waals surface area contributed by atoms with Crippen molar-refractivity contribution in [1.82, 2.24) is 29.6 Å². The third-order valence-electron chi connectivity index (χ3n) is 15.7. The molecule has 2 aromatic heterocycles. The molecule has 382 valence electrons. The number of halogens is 1. The highest BCUT2D eigenvalue weighted by molar-refractivity contribution is 7.90. The minimum atomic E-state index is -4.74. The maximum absolute atomic E-state index is 14.7. The number of nitrogens with one attached hydrogen (secondary N) is 3. The van der Waals surface area contributed by atoms with E-state index >= 15 is 0 Å². The first kappa shape index (κ1) is 49.2. The number of nitrogens with zero attached hydrogens (tertiary/aromatic N) is 6. The fourth-order valence-corrected chi connectivity index (χ4v) is 12.4. The molecule has 72 heavy (non-hydrogen) atoms. The van der Waals surface area contributed by atoms with E-state index in [9.17, 15) is 37.6 Å². The normalized spacial score (nSPS) is 23.5. The van der Waals surface area contributed by atoms with Crippen molar-refractivity contribution in [2.45, 2.75) is 101 Å². The van der Waals surface area contributed by atoms with Crippen LogP contribution in [0.3, 0.4) is 0 Å². The van der Waals surface area contributed by atoms with Crippen LogP contribution in [0.25, 0.3) is 11.0 Å². The number of aromatic amines is 1. The van der Waals surface area contributed by atoms with Gasteiger partial charge in [0.15, 0.2) is 11.4 Å². The number of aromatic nitrogens is 2. The van der Waals surface area contributed by atoms with Gasteiger partial charge < -0.3 is 34.7 Å². The van der Waals surface area contributed by atoms with Crippen molar-refractivity contribution >= 4 is 49.9 Å². The number of pyridine rings is 1. The molecule has 18 nitrogen and oxygen atoms in total. The molecule has 2 atom stereocenters. The van der Waals surface area contributed by atoms with Gasteiger partial charge in [0, 0.05) is 87.7 Å². The maximum Gasteiger partial charge on any atom is 0.297 e. The fraction of sp³-hybridized carbons (Fsp3) is 0.481. The van der Waals surface area contributed by atoms with E-state index in [1.165, 1.54) is 35.7 Å². The molecule has 1 saturated carbocycles. The van der Waals surface area contributed by atoms with Crippen LogP contribution in [0.2, 0.25) is 0 Å². The van der Waals surface area contributed by atoms with Gasteiger partial charge in [-0.15, -0.1) is 0 Å². The number of aliphatic hydroxyl groups is 1. The Hall–Kier alpha value is -6.35. The van der Waals surface area contributed by atoms with Crippen molar-refractivity contribution in [3.05, 3.63) is 106 Å². The number of hydrazine groups is 1.